The minimum atomic E-state index is -1.42. The van der Waals surface area contributed by atoms with E-state index < -0.39 is 53.4 Å². The number of carbonyl (C=O) groups is 3. The highest BCUT2D eigenvalue weighted by Gasteiger charge is 2.76. The van der Waals surface area contributed by atoms with Gasteiger partial charge < -0.3 is 24.8 Å². The van der Waals surface area contributed by atoms with Crippen molar-refractivity contribution in [3.8, 4) is 0 Å². The van der Waals surface area contributed by atoms with Crippen LogP contribution in [-0.4, -0.2) is 69.5 Å². The zero-order chi connectivity index (χ0) is 23.9. The summed E-state index contributed by atoms with van der Waals surface area (Å²) in [4.78, 5) is 37.1. The second-order valence-corrected chi connectivity index (χ2v) is 11.3. The first-order chi connectivity index (χ1) is 15.5. The molecule has 8 nitrogen and oxygen atoms in total. The van der Waals surface area contributed by atoms with Gasteiger partial charge in [-0.25, -0.2) is 0 Å². The van der Waals surface area contributed by atoms with Crippen LogP contribution in [0.15, 0.2) is 11.6 Å². The maximum absolute atomic E-state index is 13.2. The van der Waals surface area contributed by atoms with E-state index in [-0.39, 0.29) is 48.6 Å². The number of ketones is 3. The van der Waals surface area contributed by atoms with Crippen molar-refractivity contribution in [1.29, 1.82) is 0 Å². The summed E-state index contributed by atoms with van der Waals surface area (Å²) in [7, 11) is 0. The molecule has 3 N–H and O–H groups in total. The summed E-state index contributed by atoms with van der Waals surface area (Å²) in [5.41, 5.74) is -2.02. The molecule has 0 bridgehead atoms. The second-order valence-electron chi connectivity index (χ2n) is 11.3. The van der Waals surface area contributed by atoms with E-state index in [2.05, 4.69) is 0 Å². The lowest BCUT2D eigenvalue weighted by Gasteiger charge is -2.61. The molecule has 5 rings (SSSR count). The number of aliphatic hydroxyl groups is 3. The predicted molar refractivity (Wildman–Crippen MR) is 115 cm³/mol. The molecule has 2 unspecified atom stereocenters. The minimum Gasteiger partial charge on any atom is -0.393 e. The smallest absolute Gasteiger partial charge is 0.193 e. The molecule has 3 saturated carbocycles. The van der Waals surface area contributed by atoms with Gasteiger partial charge in [0.25, 0.3) is 0 Å². The van der Waals surface area contributed by atoms with Crippen LogP contribution >= 0.6 is 0 Å². The van der Waals surface area contributed by atoms with Gasteiger partial charge in [0, 0.05) is 17.3 Å². The Kier molecular flexibility index (Phi) is 5.31. The maximum atomic E-state index is 13.2. The molecule has 5 aliphatic rings. The van der Waals surface area contributed by atoms with E-state index in [9.17, 15) is 29.7 Å². The van der Waals surface area contributed by atoms with Crippen molar-refractivity contribution in [1.82, 2.24) is 0 Å². The summed E-state index contributed by atoms with van der Waals surface area (Å²) < 4.78 is 12.3. The van der Waals surface area contributed by atoms with Crippen molar-refractivity contribution in [3.63, 3.8) is 0 Å². The van der Waals surface area contributed by atoms with Crippen molar-refractivity contribution < 1.29 is 39.2 Å². The molecule has 0 amide bonds. The van der Waals surface area contributed by atoms with Crippen molar-refractivity contribution in [3.05, 3.63) is 11.6 Å². The largest absolute Gasteiger partial charge is 0.393 e. The summed E-state index contributed by atoms with van der Waals surface area (Å²) >= 11 is 0. The van der Waals surface area contributed by atoms with Crippen molar-refractivity contribution in [2.45, 2.75) is 89.5 Å². The Morgan fingerprint density at radius 1 is 1.24 bits per heavy atom. The highest BCUT2D eigenvalue weighted by Crippen LogP contribution is 2.70. The molecule has 1 heterocycles. The van der Waals surface area contributed by atoms with Crippen molar-refractivity contribution >= 4 is 17.3 Å². The van der Waals surface area contributed by atoms with Gasteiger partial charge in [-0.3, -0.25) is 14.4 Å². The number of hydrogen-bond donors (Lipinski definition) is 3. The van der Waals surface area contributed by atoms with E-state index in [4.69, 9.17) is 9.47 Å². The van der Waals surface area contributed by atoms with Crippen LogP contribution in [0.2, 0.25) is 0 Å². The Bertz CT molecular complexity index is 927. The monoisotopic (exact) mass is 462 g/mol. The quantitative estimate of drug-likeness (QED) is 0.566. The van der Waals surface area contributed by atoms with E-state index in [1.165, 1.54) is 6.92 Å². The van der Waals surface area contributed by atoms with Gasteiger partial charge in [0.05, 0.1) is 24.7 Å². The molecule has 4 fully saturated rings. The molecular formula is C25H34O8. The molecule has 1 aliphatic heterocycles. The van der Waals surface area contributed by atoms with Crippen LogP contribution in [0, 0.1) is 28.6 Å². The van der Waals surface area contributed by atoms with Gasteiger partial charge in [-0.2, -0.15) is 0 Å². The number of ether oxygens (including phenoxy) is 2. The summed E-state index contributed by atoms with van der Waals surface area (Å²) in [6.07, 6.45) is 0.744. The molecule has 8 heteroatoms. The van der Waals surface area contributed by atoms with Crippen LogP contribution in [-0.2, 0) is 23.9 Å². The number of aliphatic hydroxyl groups excluding tert-OH is 3. The van der Waals surface area contributed by atoms with Crippen LogP contribution in [0.5, 0.6) is 0 Å². The van der Waals surface area contributed by atoms with Crippen LogP contribution in [0.1, 0.15) is 59.3 Å². The summed E-state index contributed by atoms with van der Waals surface area (Å²) in [6, 6.07) is 0. The highest BCUT2D eigenvalue weighted by atomic mass is 16.7. The molecule has 0 aromatic rings. The van der Waals surface area contributed by atoms with E-state index in [0.717, 1.165) is 12.0 Å². The van der Waals surface area contributed by atoms with Crippen LogP contribution in [0.25, 0.3) is 0 Å². The topological polar surface area (TPSA) is 130 Å². The lowest BCUT2D eigenvalue weighted by molar-refractivity contribution is -0.209. The summed E-state index contributed by atoms with van der Waals surface area (Å²) in [5, 5.41) is 32.4. The maximum Gasteiger partial charge on any atom is 0.193 e. The van der Waals surface area contributed by atoms with Gasteiger partial charge >= 0.3 is 0 Å². The lowest BCUT2D eigenvalue weighted by atomic mass is 9.44. The van der Waals surface area contributed by atoms with Gasteiger partial charge in [0.15, 0.2) is 23.5 Å². The van der Waals surface area contributed by atoms with Gasteiger partial charge in [0.1, 0.15) is 12.4 Å². The summed E-state index contributed by atoms with van der Waals surface area (Å²) in [6.45, 7) is 4.64. The Morgan fingerprint density at radius 3 is 2.64 bits per heavy atom. The molecule has 10 atom stereocenters. The third-order valence-electron chi connectivity index (χ3n) is 9.81. The molecule has 182 valence electrons. The molecule has 0 spiro atoms. The van der Waals surface area contributed by atoms with Crippen molar-refractivity contribution in [2.75, 3.05) is 6.61 Å². The number of hydrogen-bond acceptors (Lipinski definition) is 8. The zero-order valence-electron chi connectivity index (χ0n) is 19.5. The zero-order valence-corrected chi connectivity index (χ0v) is 19.5. The Balaban J connectivity index is 1.55. The molecule has 1 saturated heterocycles. The Morgan fingerprint density at radius 2 is 1.97 bits per heavy atom. The first-order valence-corrected chi connectivity index (χ1v) is 12.1. The van der Waals surface area contributed by atoms with E-state index in [0.29, 0.717) is 12.8 Å². The number of carbonyl (C=O) groups excluding carboxylic acids is 3. The third-order valence-corrected chi connectivity index (χ3v) is 9.81. The van der Waals surface area contributed by atoms with Gasteiger partial charge in [-0.05, 0) is 56.4 Å². The number of Topliss-reactive ketones (excluding diaryl/α,β-unsaturated/α-hetero) is 2. The fourth-order valence-corrected chi connectivity index (χ4v) is 8.48. The fraction of sp³-hybridized carbons (Fsp3) is 0.800. The summed E-state index contributed by atoms with van der Waals surface area (Å²) in [5.74, 6) is -0.960. The molecular weight excluding hydrogens is 428 g/mol. The normalized spacial score (nSPS) is 50.7. The highest BCUT2D eigenvalue weighted by molar-refractivity contribution is 5.92. The van der Waals surface area contributed by atoms with Gasteiger partial charge in [-0.1, -0.05) is 19.4 Å². The molecule has 0 aromatic carbocycles. The van der Waals surface area contributed by atoms with Gasteiger partial charge in [0.2, 0.25) is 0 Å². The number of rotatable bonds is 4. The van der Waals surface area contributed by atoms with Crippen LogP contribution < -0.4 is 0 Å². The Hall–Kier alpha value is -1.45. The Labute approximate surface area is 193 Å². The first kappa shape index (κ1) is 23.3. The van der Waals surface area contributed by atoms with E-state index >= 15 is 0 Å². The fourth-order valence-electron chi connectivity index (χ4n) is 8.48. The average Bonchev–Trinajstić information content (AvgIpc) is 3.20. The van der Waals surface area contributed by atoms with E-state index in [1.807, 2.05) is 13.8 Å². The SMILES string of the molecule is CC(=O)CC1O[C@@H]2C[C@H]3[C@@H]4CCC5=CC(=O)CC(O)[C@]5(C)[C@H]4[C@@H](O)C[C@]3(C)[C@]2(C(=O)CO)O1. The van der Waals surface area contributed by atoms with E-state index in [1.54, 1.807) is 6.08 Å². The molecule has 0 aromatic heterocycles. The molecule has 33 heavy (non-hydrogen) atoms. The second kappa shape index (κ2) is 7.52. The first-order valence-electron chi connectivity index (χ1n) is 12.1. The molecule has 0 radical (unpaired) electrons. The predicted octanol–water partition coefficient (Wildman–Crippen LogP) is 1.09. The molecule has 4 aliphatic carbocycles. The standard InChI is InChI=1S/C25H34O8/c1-12(27)6-21-32-20-9-16-15-5-4-13-7-14(28)8-18(30)24(13,3)22(15)17(29)10-23(16,2)25(20,33-21)19(31)11-26/h7,15-18,20-22,26,29-30H,4-6,8-11H2,1-3H3/t15-,16-,17-,18?,20+,21?,22+,23-,24+,25+/m0/s1. The van der Waals surface area contributed by atoms with Crippen LogP contribution in [0.3, 0.4) is 0 Å². The van der Waals surface area contributed by atoms with Gasteiger partial charge in [-0.15, -0.1) is 0 Å². The van der Waals surface area contributed by atoms with Crippen molar-refractivity contribution in [2.24, 2.45) is 28.6 Å². The lowest BCUT2D eigenvalue weighted by Crippen LogP contribution is -2.65. The van der Waals surface area contributed by atoms with Crippen LogP contribution in [0.4, 0.5) is 0 Å². The number of fused-ring (bicyclic) bond motifs is 7. The third kappa shape index (κ3) is 2.91. The average molecular weight is 463 g/mol. The minimum absolute atomic E-state index is 0.00354.